The minimum absolute atomic E-state index is 0.0265. The Bertz CT molecular complexity index is 382. The van der Waals surface area contributed by atoms with E-state index in [1.807, 2.05) is 6.08 Å². The topological polar surface area (TPSA) is 57.5 Å². The third kappa shape index (κ3) is 1.81. The molecule has 4 rings (SSSR count). The fourth-order valence-electron chi connectivity index (χ4n) is 4.97. The second kappa shape index (κ2) is 3.35. The van der Waals surface area contributed by atoms with Crippen molar-refractivity contribution in [3.63, 3.8) is 0 Å². The highest BCUT2D eigenvalue weighted by Gasteiger charge is 2.56. The molecule has 94 valence electrons. The number of carboxylic acid groups (broad SMARTS) is 1. The highest BCUT2D eigenvalue weighted by molar-refractivity contribution is 5.85. The molecule has 3 nitrogen and oxygen atoms in total. The van der Waals surface area contributed by atoms with Crippen LogP contribution in [0.2, 0.25) is 0 Å². The monoisotopic (exact) mass is 236 g/mol. The lowest BCUT2D eigenvalue weighted by Gasteiger charge is -2.59. The van der Waals surface area contributed by atoms with Crippen molar-refractivity contribution < 1.29 is 15.0 Å². The van der Waals surface area contributed by atoms with Crippen molar-refractivity contribution in [3.05, 3.63) is 11.6 Å². The molecule has 0 aliphatic heterocycles. The van der Waals surface area contributed by atoms with Gasteiger partial charge in [0, 0.05) is 5.57 Å². The zero-order valence-electron chi connectivity index (χ0n) is 10.3. The minimum Gasteiger partial charge on any atom is -0.478 e. The van der Waals surface area contributed by atoms with Crippen LogP contribution in [0.25, 0.3) is 0 Å². The van der Waals surface area contributed by atoms with Gasteiger partial charge in [0.1, 0.15) is 0 Å². The molecule has 4 saturated carbocycles. The standard InChI is InChI=1S/C14H20O3/c1-9(12(15)16)3-13-4-10-2-11(5-13)7-14(17,6-10)8-13/h3,10-11,17H,2,4-8H2,1H3,(H,15,16). The number of hydrogen-bond acceptors (Lipinski definition) is 2. The SMILES string of the molecule is CC(=CC12CC3CC(CC(O)(C3)C1)C2)C(=O)O. The summed E-state index contributed by atoms with van der Waals surface area (Å²) in [7, 11) is 0. The van der Waals surface area contributed by atoms with E-state index in [-0.39, 0.29) is 5.41 Å². The van der Waals surface area contributed by atoms with E-state index in [1.165, 1.54) is 6.42 Å². The maximum absolute atomic E-state index is 11.0. The lowest BCUT2D eigenvalue weighted by Crippen LogP contribution is -2.55. The number of carbonyl (C=O) groups is 1. The van der Waals surface area contributed by atoms with E-state index < -0.39 is 11.6 Å². The molecule has 0 spiro atoms. The molecule has 4 aliphatic carbocycles. The zero-order chi connectivity index (χ0) is 12.3. The summed E-state index contributed by atoms with van der Waals surface area (Å²) < 4.78 is 0. The number of hydrogen-bond donors (Lipinski definition) is 2. The van der Waals surface area contributed by atoms with Crippen LogP contribution >= 0.6 is 0 Å². The minimum atomic E-state index is -0.826. The summed E-state index contributed by atoms with van der Waals surface area (Å²) in [6.45, 7) is 1.67. The van der Waals surface area contributed by atoms with Crippen LogP contribution in [-0.4, -0.2) is 21.8 Å². The Labute approximate surface area is 102 Å². The number of rotatable bonds is 2. The molecule has 17 heavy (non-hydrogen) atoms. The van der Waals surface area contributed by atoms with Gasteiger partial charge in [0.25, 0.3) is 0 Å². The molecule has 2 atom stereocenters. The molecule has 0 heterocycles. The molecule has 4 fully saturated rings. The van der Waals surface area contributed by atoms with Crippen LogP contribution in [0, 0.1) is 17.3 Å². The van der Waals surface area contributed by atoms with E-state index in [0.717, 1.165) is 32.1 Å². The first-order valence-corrected chi connectivity index (χ1v) is 6.55. The van der Waals surface area contributed by atoms with E-state index >= 15 is 0 Å². The van der Waals surface area contributed by atoms with Crippen LogP contribution in [0.1, 0.15) is 45.4 Å². The largest absolute Gasteiger partial charge is 0.478 e. The van der Waals surface area contributed by atoms with Crippen LogP contribution in [0.15, 0.2) is 11.6 Å². The first-order valence-electron chi connectivity index (χ1n) is 6.55. The molecule has 4 bridgehead atoms. The third-order valence-electron chi connectivity index (χ3n) is 4.94. The molecule has 0 aromatic rings. The van der Waals surface area contributed by atoms with Crippen LogP contribution in [0.3, 0.4) is 0 Å². The van der Waals surface area contributed by atoms with Gasteiger partial charge < -0.3 is 10.2 Å². The fraction of sp³-hybridized carbons (Fsp3) is 0.786. The average Bonchev–Trinajstić information content (AvgIpc) is 2.11. The van der Waals surface area contributed by atoms with Gasteiger partial charge >= 0.3 is 5.97 Å². The summed E-state index contributed by atoms with van der Waals surface area (Å²) in [6, 6.07) is 0. The van der Waals surface area contributed by atoms with Gasteiger partial charge in [-0.15, -0.1) is 0 Å². The van der Waals surface area contributed by atoms with Gasteiger partial charge in [-0.1, -0.05) is 6.08 Å². The molecule has 0 radical (unpaired) electrons. The Hall–Kier alpha value is -0.830. The van der Waals surface area contributed by atoms with Crippen molar-refractivity contribution in [3.8, 4) is 0 Å². The maximum atomic E-state index is 11.0. The first kappa shape index (κ1) is 11.3. The summed E-state index contributed by atoms with van der Waals surface area (Å²) in [5.74, 6) is 0.394. The molecule has 0 aromatic carbocycles. The summed E-state index contributed by atoms with van der Waals surface area (Å²) in [5, 5.41) is 19.6. The van der Waals surface area contributed by atoms with Crippen LogP contribution in [-0.2, 0) is 4.79 Å². The predicted molar refractivity (Wildman–Crippen MR) is 63.5 cm³/mol. The zero-order valence-corrected chi connectivity index (χ0v) is 10.3. The second-order valence-electron chi connectivity index (χ2n) is 6.68. The number of aliphatic carboxylic acids is 1. The first-order chi connectivity index (χ1) is 7.90. The van der Waals surface area contributed by atoms with Gasteiger partial charge in [0.05, 0.1) is 5.60 Å². The van der Waals surface area contributed by atoms with Crippen molar-refractivity contribution >= 4 is 5.97 Å². The van der Waals surface area contributed by atoms with Crippen molar-refractivity contribution in [2.45, 2.75) is 51.0 Å². The van der Waals surface area contributed by atoms with E-state index in [1.54, 1.807) is 6.92 Å². The van der Waals surface area contributed by atoms with Crippen molar-refractivity contribution in [2.24, 2.45) is 17.3 Å². The molecule has 3 heteroatoms. The van der Waals surface area contributed by atoms with Gasteiger partial charge in [-0.25, -0.2) is 4.79 Å². The van der Waals surface area contributed by atoms with Gasteiger partial charge in [-0.05, 0) is 62.7 Å². The Morgan fingerprint density at radius 2 is 1.82 bits per heavy atom. The lowest BCUT2D eigenvalue weighted by molar-refractivity contribution is -0.149. The highest BCUT2D eigenvalue weighted by atomic mass is 16.4. The van der Waals surface area contributed by atoms with Crippen LogP contribution in [0.4, 0.5) is 0 Å². The molecular weight excluding hydrogens is 216 g/mol. The number of aliphatic hydroxyl groups is 1. The molecule has 0 amide bonds. The normalized spacial score (nSPS) is 48.5. The Morgan fingerprint density at radius 3 is 2.29 bits per heavy atom. The molecule has 4 aliphatic rings. The lowest BCUT2D eigenvalue weighted by atomic mass is 9.48. The second-order valence-corrected chi connectivity index (χ2v) is 6.68. The van der Waals surface area contributed by atoms with E-state index in [2.05, 4.69) is 0 Å². The summed E-state index contributed by atoms with van der Waals surface area (Å²) in [6.07, 6.45) is 7.99. The quantitative estimate of drug-likeness (QED) is 0.723. The number of carboxylic acids is 1. The highest BCUT2D eigenvalue weighted by Crippen LogP contribution is 2.62. The predicted octanol–water partition coefficient (Wildman–Crippen LogP) is 2.35. The molecule has 2 unspecified atom stereocenters. The Morgan fingerprint density at radius 1 is 1.24 bits per heavy atom. The Balaban J connectivity index is 1.93. The summed E-state index contributed by atoms with van der Waals surface area (Å²) >= 11 is 0. The van der Waals surface area contributed by atoms with Crippen molar-refractivity contribution in [1.29, 1.82) is 0 Å². The van der Waals surface area contributed by atoms with Crippen LogP contribution < -0.4 is 0 Å². The van der Waals surface area contributed by atoms with Crippen LogP contribution in [0.5, 0.6) is 0 Å². The van der Waals surface area contributed by atoms with Gasteiger partial charge in [0.15, 0.2) is 0 Å². The van der Waals surface area contributed by atoms with Crippen molar-refractivity contribution in [2.75, 3.05) is 0 Å². The van der Waals surface area contributed by atoms with Gasteiger partial charge in [-0.2, -0.15) is 0 Å². The van der Waals surface area contributed by atoms with Gasteiger partial charge in [-0.3, -0.25) is 0 Å². The summed E-state index contributed by atoms with van der Waals surface area (Å²) in [4.78, 5) is 11.0. The molecule has 2 N–H and O–H groups in total. The third-order valence-corrected chi connectivity index (χ3v) is 4.94. The maximum Gasteiger partial charge on any atom is 0.330 e. The smallest absolute Gasteiger partial charge is 0.330 e. The number of allylic oxidation sites excluding steroid dienone is 1. The molecule has 0 aromatic heterocycles. The van der Waals surface area contributed by atoms with Crippen molar-refractivity contribution in [1.82, 2.24) is 0 Å². The van der Waals surface area contributed by atoms with Gasteiger partial charge in [0.2, 0.25) is 0 Å². The fourth-order valence-corrected chi connectivity index (χ4v) is 4.97. The van der Waals surface area contributed by atoms with E-state index in [9.17, 15) is 9.90 Å². The molecular formula is C14H20O3. The average molecular weight is 236 g/mol. The summed E-state index contributed by atoms with van der Waals surface area (Å²) in [5.41, 5.74) is -0.0868. The van der Waals surface area contributed by atoms with E-state index in [0.29, 0.717) is 17.4 Å². The molecule has 0 saturated heterocycles. The van der Waals surface area contributed by atoms with E-state index in [4.69, 9.17) is 5.11 Å². The Kier molecular flexibility index (Phi) is 2.22.